The number of nitrogens with zero attached hydrogens (tertiary/aromatic N) is 7. The van der Waals surface area contributed by atoms with Crippen LogP contribution in [0.5, 0.6) is 0 Å². The van der Waals surface area contributed by atoms with Crippen LogP contribution in [0.25, 0.3) is 11.5 Å². The van der Waals surface area contributed by atoms with E-state index in [2.05, 4.69) is 31.6 Å². The molecule has 3 heterocycles. The lowest BCUT2D eigenvalue weighted by molar-refractivity contribution is 0.801. The second kappa shape index (κ2) is 7.61. The van der Waals surface area contributed by atoms with Gasteiger partial charge in [0.05, 0.1) is 50.8 Å². The molecule has 0 fully saturated rings. The molecule has 30 heavy (non-hydrogen) atoms. The third-order valence-corrected chi connectivity index (χ3v) is 5.41. The third kappa shape index (κ3) is 3.40. The van der Waals surface area contributed by atoms with Gasteiger partial charge in [0.25, 0.3) is 0 Å². The SMILES string of the molecule is Cc1nn(-c2cc(Nc3c(C)nn(-c4ccc(C#N)cc4)c3C)ncn2)c(C)c1Cl. The van der Waals surface area contributed by atoms with E-state index in [1.165, 1.54) is 6.33 Å². The van der Waals surface area contributed by atoms with Crippen LogP contribution in [0.1, 0.15) is 28.3 Å². The first-order valence-electron chi connectivity index (χ1n) is 9.27. The van der Waals surface area contributed by atoms with Crippen molar-refractivity contribution in [2.45, 2.75) is 27.7 Å². The van der Waals surface area contributed by atoms with Gasteiger partial charge in [0.2, 0.25) is 0 Å². The Bertz CT molecular complexity index is 1280. The molecule has 9 heteroatoms. The van der Waals surface area contributed by atoms with Gasteiger partial charge in [-0.1, -0.05) is 11.6 Å². The van der Waals surface area contributed by atoms with Gasteiger partial charge >= 0.3 is 0 Å². The van der Waals surface area contributed by atoms with Crippen molar-refractivity contribution in [3.05, 3.63) is 70.0 Å². The highest BCUT2D eigenvalue weighted by Crippen LogP contribution is 2.27. The molecule has 0 saturated carbocycles. The number of nitrogens with one attached hydrogen (secondary N) is 1. The summed E-state index contributed by atoms with van der Waals surface area (Å²) in [5, 5.41) is 22.0. The quantitative estimate of drug-likeness (QED) is 0.529. The molecule has 0 aliphatic rings. The molecule has 4 aromatic rings. The smallest absolute Gasteiger partial charge is 0.159 e. The molecule has 1 N–H and O–H groups in total. The first kappa shape index (κ1) is 19.6. The zero-order chi connectivity index (χ0) is 21.4. The standard InChI is InChI=1S/C21H19ClN8/c1-12-20(22)14(3)30(27-12)19-9-18(24-11-25-19)26-21-13(2)28-29(15(21)4)17-7-5-16(10-23)6-8-17/h5-9,11H,1-4H3,(H,24,25,26). The molecule has 0 atom stereocenters. The Hall–Kier alpha value is -3.70. The van der Waals surface area contributed by atoms with Crippen LogP contribution in [-0.4, -0.2) is 29.5 Å². The molecule has 150 valence electrons. The van der Waals surface area contributed by atoms with Crippen molar-refractivity contribution in [3.63, 3.8) is 0 Å². The van der Waals surface area contributed by atoms with Gasteiger partial charge in [-0.15, -0.1) is 0 Å². The lowest BCUT2D eigenvalue weighted by atomic mass is 10.2. The van der Waals surface area contributed by atoms with Gasteiger partial charge in [-0.2, -0.15) is 15.5 Å². The van der Waals surface area contributed by atoms with E-state index in [-0.39, 0.29) is 0 Å². The highest BCUT2D eigenvalue weighted by molar-refractivity contribution is 6.31. The summed E-state index contributed by atoms with van der Waals surface area (Å²) in [6, 6.07) is 11.2. The fraction of sp³-hybridized carbons (Fsp3) is 0.190. The van der Waals surface area contributed by atoms with Gasteiger partial charge in [-0.3, -0.25) is 0 Å². The Morgan fingerprint density at radius 3 is 2.27 bits per heavy atom. The van der Waals surface area contributed by atoms with Crippen molar-refractivity contribution in [1.29, 1.82) is 5.26 Å². The van der Waals surface area contributed by atoms with Crippen LogP contribution < -0.4 is 5.32 Å². The fourth-order valence-electron chi connectivity index (χ4n) is 3.26. The van der Waals surface area contributed by atoms with Crippen molar-refractivity contribution < 1.29 is 0 Å². The van der Waals surface area contributed by atoms with Crippen LogP contribution in [0.3, 0.4) is 0 Å². The molecule has 0 spiro atoms. The predicted molar refractivity (Wildman–Crippen MR) is 115 cm³/mol. The first-order valence-corrected chi connectivity index (χ1v) is 9.64. The summed E-state index contributed by atoms with van der Waals surface area (Å²) in [7, 11) is 0. The van der Waals surface area contributed by atoms with E-state index in [9.17, 15) is 0 Å². The lowest BCUT2D eigenvalue weighted by Gasteiger charge is -2.09. The van der Waals surface area contributed by atoms with Crippen LogP contribution in [0.15, 0.2) is 36.7 Å². The Balaban J connectivity index is 1.67. The van der Waals surface area contributed by atoms with Crippen molar-refractivity contribution >= 4 is 23.1 Å². The second-order valence-electron chi connectivity index (χ2n) is 6.90. The monoisotopic (exact) mass is 418 g/mol. The Labute approximate surface area is 178 Å². The van der Waals surface area contributed by atoms with E-state index in [4.69, 9.17) is 16.9 Å². The number of halogens is 1. The lowest BCUT2D eigenvalue weighted by Crippen LogP contribution is -2.05. The van der Waals surface area contributed by atoms with E-state index < -0.39 is 0 Å². The number of nitriles is 1. The molecule has 0 bridgehead atoms. The normalized spacial score (nSPS) is 10.8. The molecule has 3 aromatic heterocycles. The van der Waals surface area contributed by atoms with Gasteiger partial charge in [0.15, 0.2) is 5.82 Å². The van der Waals surface area contributed by atoms with Gasteiger partial charge in [0.1, 0.15) is 12.1 Å². The minimum atomic E-state index is 0.608. The van der Waals surface area contributed by atoms with Crippen LogP contribution in [0.2, 0.25) is 5.02 Å². The Morgan fingerprint density at radius 2 is 1.63 bits per heavy atom. The van der Waals surface area contributed by atoms with Crippen molar-refractivity contribution in [2.75, 3.05) is 5.32 Å². The maximum atomic E-state index is 9.00. The summed E-state index contributed by atoms with van der Waals surface area (Å²) in [5.74, 6) is 1.24. The molecule has 8 nitrogen and oxygen atoms in total. The number of aromatic nitrogens is 6. The minimum Gasteiger partial charge on any atom is -0.337 e. The van der Waals surface area contributed by atoms with E-state index in [0.29, 0.717) is 22.2 Å². The number of rotatable bonds is 4. The van der Waals surface area contributed by atoms with E-state index in [1.807, 2.05) is 50.6 Å². The highest BCUT2D eigenvalue weighted by atomic mass is 35.5. The minimum absolute atomic E-state index is 0.608. The van der Waals surface area contributed by atoms with Gasteiger partial charge < -0.3 is 5.32 Å². The summed E-state index contributed by atoms with van der Waals surface area (Å²) >= 11 is 6.27. The van der Waals surface area contributed by atoms with E-state index >= 15 is 0 Å². The first-order chi connectivity index (χ1) is 14.4. The molecule has 0 aliphatic carbocycles. The molecule has 4 rings (SSSR count). The molecule has 0 unspecified atom stereocenters. The van der Waals surface area contributed by atoms with Crippen LogP contribution in [0, 0.1) is 39.0 Å². The topological polar surface area (TPSA) is 97.2 Å². The maximum Gasteiger partial charge on any atom is 0.159 e. The number of anilines is 2. The van der Waals surface area contributed by atoms with E-state index in [1.54, 1.807) is 16.8 Å². The zero-order valence-electron chi connectivity index (χ0n) is 17.0. The summed E-state index contributed by atoms with van der Waals surface area (Å²) in [5.41, 5.74) is 5.66. The van der Waals surface area contributed by atoms with Crippen molar-refractivity contribution in [2.24, 2.45) is 0 Å². The molecular formula is C21H19ClN8. The van der Waals surface area contributed by atoms with Gasteiger partial charge in [-0.25, -0.2) is 19.3 Å². The molecule has 0 aliphatic heterocycles. The average Bonchev–Trinajstić information content (AvgIpc) is 3.18. The molecular weight excluding hydrogens is 400 g/mol. The van der Waals surface area contributed by atoms with E-state index in [0.717, 1.165) is 34.2 Å². The zero-order valence-corrected chi connectivity index (χ0v) is 17.7. The molecule has 0 radical (unpaired) electrons. The largest absolute Gasteiger partial charge is 0.337 e. The Morgan fingerprint density at radius 1 is 0.933 bits per heavy atom. The van der Waals surface area contributed by atoms with Gasteiger partial charge in [0, 0.05) is 6.07 Å². The van der Waals surface area contributed by atoms with Crippen LogP contribution >= 0.6 is 11.6 Å². The summed E-state index contributed by atoms with van der Waals surface area (Å²) in [4.78, 5) is 8.66. The van der Waals surface area contributed by atoms with Crippen molar-refractivity contribution in [3.8, 4) is 17.6 Å². The maximum absolute atomic E-state index is 9.00. The fourth-order valence-corrected chi connectivity index (χ4v) is 3.38. The summed E-state index contributed by atoms with van der Waals surface area (Å²) in [6.07, 6.45) is 1.48. The molecule has 0 amide bonds. The third-order valence-electron chi connectivity index (χ3n) is 4.86. The summed E-state index contributed by atoms with van der Waals surface area (Å²) < 4.78 is 3.53. The number of hydrogen-bond acceptors (Lipinski definition) is 6. The highest BCUT2D eigenvalue weighted by Gasteiger charge is 2.16. The van der Waals surface area contributed by atoms with Gasteiger partial charge in [-0.05, 0) is 52.0 Å². The Kier molecular flexibility index (Phi) is 4.98. The number of aryl methyl sites for hydroxylation is 2. The average molecular weight is 419 g/mol. The molecule has 1 aromatic carbocycles. The second-order valence-corrected chi connectivity index (χ2v) is 7.28. The predicted octanol–water partition coefficient (Wildman–Crippen LogP) is 4.35. The summed E-state index contributed by atoms with van der Waals surface area (Å²) in [6.45, 7) is 7.66. The van der Waals surface area contributed by atoms with Crippen LogP contribution in [-0.2, 0) is 0 Å². The molecule has 0 saturated heterocycles. The number of hydrogen-bond donors (Lipinski definition) is 1. The van der Waals surface area contributed by atoms with Crippen molar-refractivity contribution in [1.82, 2.24) is 29.5 Å². The van der Waals surface area contributed by atoms with Crippen LogP contribution in [0.4, 0.5) is 11.5 Å². The number of benzene rings is 1.